The lowest BCUT2D eigenvalue weighted by Gasteiger charge is -2.09. The van der Waals surface area contributed by atoms with Crippen LogP contribution in [0.2, 0.25) is 0 Å². The maximum absolute atomic E-state index is 11.9. The van der Waals surface area contributed by atoms with Gasteiger partial charge in [-0.05, 0) is 24.6 Å². The average Bonchev–Trinajstić information content (AvgIpc) is 3.02. The quantitative estimate of drug-likeness (QED) is 0.545. The minimum atomic E-state index is -0.323. The summed E-state index contributed by atoms with van der Waals surface area (Å²) in [7, 11) is 3.22. The molecule has 130 valence electrons. The first kappa shape index (κ1) is 18.3. The van der Waals surface area contributed by atoms with Crippen molar-refractivity contribution >= 4 is 17.7 Å². The van der Waals surface area contributed by atoms with Gasteiger partial charge in [-0.25, -0.2) is 0 Å². The van der Waals surface area contributed by atoms with Gasteiger partial charge in [0.05, 0.1) is 25.4 Å². The molecule has 1 N–H and O–H groups in total. The molecule has 0 aliphatic rings. The summed E-state index contributed by atoms with van der Waals surface area (Å²) in [6, 6.07) is 7.66. The number of benzene rings is 1. The number of thioether (sulfide) groups is 1. The number of rotatable bonds is 9. The molecule has 2 aromatic rings. The van der Waals surface area contributed by atoms with E-state index in [9.17, 15) is 4.79 Å². The Labute approximate surface area is 145 Å². The molecular weight excluding hydrogens is 330 g/mol. The molecule has 1 atom stereocenters. The van der Waals surface area contributed by atoms with Crippen molar-refractivity contribution in [2.75, 3.05) is 27.4 Å². The summed E-state index contributed by atoms with van der Waals surface area (Å²) in [4.78, 5) is 11.9. The maximum Gasteiger partial charge on any atom is 0.277 e. The van der Waals surface area contributed by atoms with E-state index in [2.05, 4.69) is 15.5 Å². The second-order valence-electron chi connectivity index (χ2n) is 5.03. The fraction of sp³-hybridized carbons (Fsp3) is 0.438. The zero-order chi connectivity index (χ0) is 17.4. The molecule has 1 aromatic heterocycles. The maximum atomic E-state index is 11.9. The van der Waals surface area contributed by atoms with Gasteiger partial charge in [-0.15, -0.1) is 10.2 Å². The van der Waals surface area contributed by atoms with Gasteiger partial charge in [0.15, 0.2) is 0 Å². The van der Waals surface area contributed by atoms with Crippen LogP contribution in [0.4, 0.5) is 0 Å². The van der Waals surface area contributed by atoms with Gasteiger partial charge >= 0.3 is 0 Å². The lowest BCUT2D eigenvalue weighted by molar-refractivity contribution is -0.120. The molecule has 7 nitrogen and oxygen atoms in total. The summed E-state index contributed by atoms with van der Waals surface area (Å²) in [5.74, 6) is 1.22. The van der Waals surface area contributed by atoms with E-state index < -0.39 is 0 Å². The number of carbonyl (C=O) groups is 1. The highest BCUT2D eigenvalue weighted by atomic mass is 32.2. The summed E-state index contributed by atoms with van der Waals surface area (Å²) in [5.41, 5.74) is 1.04. The van der Waals surface area contributed by atoms with Gasteiger partial charge in [0, 0.05) is 13.7 Å². The fourth-order valence-electron chi connectivity index (χ4n) is 1.90. The Bertz CT molecular complexity index is 645. The lowest BCUT2D eigenvalue weighted by Crippen LogP contribution is -2.33. The largest absolute Gasteiger partial charge is 0.497 e. The Morgan fingerprint density at radius 1 is 1.29 bits per heavy atom. The highest BCUT2D eigenvalue weighted by Gasteiger charge is 2.18. The Hall–Kier alpha value is -2.06. The van der Waals surface area contributed by atoms with Crippen molar-refractivity contribution in [2.45, 2.75) is 23.8 Å². The van der Waals surface area contributed by atoms with Crippen molar-refractivity contribution in [3.8, 4) is 5.75 Å². The second-order valence-corrected chi connectivity index (χ2v) is 6.32. The highest BCUT2D eigenvalue weighted by Crippen LogP contribution is 2.23. The number of aromatic nitrogens is 2. The number of nitrogens with one attached hydrogen (secondary N) is 1. The first-order valence-corrected chi connectivity index (χ1v) is 8.39. The van der Waals surface area contributed by atoms with Crippen LogP contribution in [0.15, 0.2) is 33.9 Å². The topological polar surface area (TPSA) is 86.5 Å². The third-order valence-corrected chi connectivity index (χ3v) is 4.15. The molecule has 0 aliphatic heterocycles. The minimum absolute atomic E-state index is 0.0908. The molecule has 0 fully saturated rings. The molecule has 1 aromatic carbocycles. The van der Waals surface area contributed by atoms with Gasteiger partial charge in [0.1, 0.15) is 5.75 Å². The first-order valence-electron chi connectivity index (χ1n) is 7.51. The van der Waals surface area contributed by atoms with Crippen LogP contribution in [0.25, 0.3) is 0 Å². The molecule has 0 bridgehead atoms. The van der Waals surface area contributed by atoms with Gasteiger partial charge in [0.2, 0.25) is 11.8 Å². The number of hydrogen-bond acceptors (Lipinski definition) is 7. The number of methoxy groups -OCH3 is 2. The Morgan fingerprint density at radius 2 is 2.04 bits per heavy atom. The van der Waals surface area contributed by atoms with E-state index in [0.29, 0.717) is 30.7 Å². The Kier molecular flexibility index (Phi) is 7.07. The number of carbonyl (C=O) groups excluding carboxylic acids is 1. The molecule has 0 saturated carbocycles. The van der Waals surface area contributed by atoms with Crippen LogP contribution in [-0.4, -0.2) is 48.7 Å². The van der Waals surface area contributed by atoms with Gasteiger partial charge in [-0.3, -0.25) is 4.79 Å². The zero-order valence-electron chi connectivity index (χ0n) is 13.9. The van der Waals surface area contributed by atoms with Crippen molar-refractivity contribution in [1.82, 2.24) is 15.5 Å². The standard InChI is InChI=1S/C16H21N3O4S/c1-11(15(20)17-8-9-21-2)24-16-19-18-14(23-16)10-12-4-6-13(22-3)7-5-12/h4-7,11H,8-10H2,1-3H3,(H,17,20)/t11-/m0/s1. The molecule has 1 heterocycles. The van der Waals surface area contributed by atoms with Gasteiger partial charge in [0.25, 0.3) is 5.22 Å². The van der Waals surface area contributed by atoms with E-state index in [1.807, 2.05) is 24.3 Å². The predicted octanol–water partition coefficient (Wildman–Crippen LogP) is 1.91. The van der Waals surface area contributed by atoms with Gasteiger partial charge in [-0.1, -0.05) is 23.9 Å². The molecule has 8 heteroatoms. The number of nitrogens with zero attached hydrogens (tertiary/aromatic N) is 2. The number of ether oxygens (including phenoxy) is 2. The van der Waals surface area contributed by atoms with Crippen molar-refractivity contribution in [3.05, 3.63) is 35.7 Å². The molecule has 1 amide bonds. The third-order valence-electron chi connectivity index (χ3n) is 3.21. The average molecular weight is 351 g/mol. The van der Waals surface area contributed by atoms with E-state index in [1.54, 1.807) is 21.1 Å². The van der Waals surface area contributed by atoms with Crippen molar-refractivity contribution in [3.63, 3.8) is 0 Å². The predicted molar refractivity (Wildman–Crippen MR) is 90.3 cm³/mol. The van der Waals surface area contributed by atoms with Crippen LogP contribution in [0.1, 0.15) is 18.4 Å². The highest BCUT2D eigenvalue weighted by molar-refractivity contribution is 8.00. The molecule has 0 spiro atoms. The SMILES string of the molecule is COCCNC(=O)[C@H](C)Sc1nnc(Cc2ccc(OC)cc2)o1. The van der Waals surface area contributed by atoms with Crippen LogP contribution in [-0.2, 0) is 16.0 Å². The first-order chi connectivity index (χ1) is 11.6. The monoisotopic (exact) mass is 351 g/mol. The van der Waals surface area contributed by atoms with Crippen LogP contribution in [0.3, 0.4) is 0 Å². The lowest BCUT2D eigenvalue weighted by atomic mass is 10.1. The zero-order valence-corrected chi connectivity index (χ0v) is 14.8. The number of hydrogen-bond donors (Lipinski definition) is 1. The molecule has 0 radical (unpaired) electrons. The molecule has 0 aliphatic carbocycles. The van der Waals surface area contributed by atoms with E-state index in [0.717, 1.165) is 11.3 Å². The fourth-order valence-corrected chi connectivity index (χ4v) is 2.63. The molecule has 24 heavy (non-hydrogen) atoms. The summed E-state index contributed by atoms with van der Waals surface area (Å²) < 4.78 is 15.6. The van der Waals surface area contributed by atoms with Crippen molar-refractivity contribution in [1.29, 1.82) is 0 Å². The molecular formula is C16H21N3O4S. The summed E-state index contributed by atoms with van der Waals surface area (Å²) >= 11 is 1.23. The van der Waals surface area contributed by atoms with Gasteiger partial charge < -0.3 is 19.2 Å². The normalized spacial score (nSPS) is 12.0. The smallest absolute Gasteiger partial charge is 0.277 e. The number of amides is 1. The van der Waals surface area contributed by atoms with Gasteiger partial charge in [-0.2, -0.15) is 0 Å². The van der Waals surface area contributed by atoms with Crippen LogP contribution in [0, 0.1) is 0 Å². The Balaban J connectivity index is 1.86. The Morgan fingerprint density at radius 3 is 2.71 bits per heavy atom. The summed E-state index contributed by atoms with van der Waals surface area (Å²) in [6.07, 6.45) is 0.534. The molecule has 0 unspecified atom stereocenters. The van der Waals surface area contributed by atoms with Crippen LogP contribution >= 0.6 is 11.8 Å². The van der Waals surface area contributed by atoms with Crippen LogP contribution < -0.4 is 10.1 Å². The van der Waals surface area contributed by atoms with E-state index in [-0.39, 0.29) is 11.2 Å². The van der Waals surface area contributed by atoms with Crippen LogP contribution in [0.5, 0.6) is 5.75 Å². The molecule has 0 saturated heterocycles. The molecule has 2 rings (SSSR count). The van der Waals surface area contributed by atoms with E-state index >= 15 is 0 Å². The second kappa shape index (κ2) is 9.29. The van der Waals surface area contributed by atoms with E-state index in [1.165, 1.54) is 11.8 Å². The van der Waals surface area contributed by atoms with Crippen molar-refractivity contribution < 1.29 is 18.7 Å². The van der Waals surface area contributed by atoms with E-state index in [4.69, 9.17) is 13.9 Å². The minimum Gasteiger partial charge on any atom is -0.497 e. The summed E-state index contributed by atoms with van der Waals surface area (Å²) in [6.45, 7) is 2.75. The van der Waals surface area contributed by atoms with Crippen molar-refractivity contribution in [2.24, 2.45) is 0 Å². The third kappa shape index (κ3) is 5.54. The summed E-state index contributed by atoms with van der Waals surface area (Å²) in [5, 5.41) is 10.8.